The molecule has 0 aromatic carbocycles. The lowest BCUT2D eigenvalue weighted by Crippen LogP contribution is -2.22. The van der Waals surface area contributed by atoms with Gasteiger partial charge in [-0.1, -0.05) is 29.8 Å². The van der Waals surface area contributed by atoms with Crippen LogP contribution in [0.1, 0.15) is 19.5 Å². The molecular weight excluding hydrogens is 273 g/mol. The van der Waals surface area contributed by atoms with E-state index >= 15 is 0 Å². The third-order valence-electron chi connectivity index (χ3n) is 1.88. The van der Waals surface area contributed by atoms with Crippen LogP contribution >= 0.6 is 15.9 Å². The van der Waals surface area contributed by atoms with Crippen LogP contribution in [0.2, 0.25) is 0 Å². The second kappa shape index (κ2) is 4.15. The van der Waals surface area contributed by atoms with Crippen LogP contribution in [0.3, 0.4) is 0 Å². The first-order chi connectivity index (χ1) is 6.74. The summed E-state index contributed by atoms with van der Waals surface area (Å²) in [6, 6.07) is 0.990. The minimum absolute atomic E-state index is 0.116. The molecule has 0 saturated heterocycles. The summed E-state index contributed by atoms with van der Waals surface area (Å²) in [5.74, 6) is 0. The van der Waals surface area contributed by atoms with E-state index in [1.54, 1.807) is 0 Å². The van der Waals surface area contributed by atoms with Crippen LogP contribution in [0.15, 0.2) is 12.3 Å². The SMILES string of the molecule is CC(C)(CBr)Cn1ccc(C(F)(F)F)n1. The summed E-state index contributed by atoms with van der Waals surface area (Å²) >= 11 is 3.31. The Hall–Kier alpha value is -0.520. The van der Waals surface area contributed by atoms with Crippen molar-refractivity contribution in [3.63, 3.8) is 0 Å². The van der Waals surface area contributed by atoms with Crippen LogP contribution < -0.4 is 0 Å². The lowest BCUT2D eigenvalue weighted by atomic mass is 9.97. The number of hydrogen-bond donors (Lipinski definition) is 0. The number of rotatable bonds is 3. The molecule has 6 heteroatoms. The lowest BCUT2D eigenvalue weighted by molar-refractivity contribution is -0.141. The Bertz CT molecular complexity index is 330. The minimum Gasteiger partial charge on any atom is -0.272 e. The van der Waals surface area contributed by atoms with Gasteiger partial charge in [0.1, 0.15) is 0 Å². The predicted molar refractivity (Wildman–Crippen MR) is 54.8 cm³/mol. The quantitative estimate of drug-likeness (QED) is 0.779. The molecule has 0 bridgehead atoms. The molecule has 0 atom stereocenters. The van der Waals surface area contributed by atoms with Crippen molar-refractivity contribution in [2.45, 2.75) is 26.6 Å². The van der Waals surface area contributed by atoms with Gasteiger partial charge in [0.25, 0.3) is 0 Å². The van der Waals surface area contributed by atoms with Gasteiger partial charge in [-0.25, -0.2) is 0 Å². The summed E-state index contributed by atoms with van der Waals surface area (Å²) in [4.78, 5) is 0. The molecule has 1 heterocycles. The van der Waals surface area contributed by atoms with E-state index in [9.17, 15) is 13.2 Å². The van der Waals surface area contributed by atoms with Gasteiger partial charge in [-0.3, -0.25) is 4.68 Å². The normalized spacial score (nSPS) is 13.2. The van der Waals surface area contributed by atoms with Crippen molar-refractivity contribution < 1.29 is 13.2 Å². The molecule has 0 N–H and O–H groups in total. The Kier molecular flexibility index (Phi) is 3.48. The Balaban J connectivity index is 2.78. The lowest BCUT2D eigenvalue weighted by Gasteiger charge is -2.21. The molecule has 0 aliphatic carbocycles. The van der Waals surface area contributed by atoms with Crippen LogP contribution in [-0.2, 0) is 12.7 Å². The van der Waals surface area contributed by atoms with E-state index in [1.165, 1.54) is 10.9 Å². The molecule has 0 radical (unpaired) electrons. The molecule has 86 valence electrons. The van der Waals surface area contributed by atoms with E-state index in [2.05, 4.69) is 21.0 Å². The van der Waals surface area contributed by atoms with Gasteiger partial charge in [-0.15, -0.1) is 0 Å². The summed E-state index contributed by atoms with van der Waals surface area (Å²) in [6.45, 7) is 4.36. The Labute approximate surface area is 94.6 Å². The van der Waals surface area contributed by atoms with Crippen LogP contribution in [0.5, 0.6) is 0 Å². The highest BCUT2D eigenvalue weighted by Gasteiger charge is 2.33. The van der Waals surface area contributed by atoms with E-state index < -0.39 is 11.9 Å². The second-order valence-electron chi connectivity index (χ2n) is 4.19. The van der Waals surface area contributed by atoms with E-state index in [1.807, 2.05) is 13.8 Å². The fourth-order valence-corrected chi connectivity index (χ4v) is 1.26. The summed E-state index contributed by atoms with van der Waals surface area (Å²) in [6.07, 6.45) is -3.00. The maximum Gasteiger partial charge on any atom is 0.435 e. The van der Waals surface area contributed by atoms with Gasteiger partial charge in [0.05, 0.1) is 0 Å². The largest absolute Gasteiger partial charge is 0.435 e. The third kappa shape index (κ3) is 3.52. The van der Waals surface area contributed by atoms with Crippen LogP contribution in [-0.4, -0.2) is 15.1 Å². The Morgan fingerprint density at radius 1 is 1.40 bits per heavy atom. The van der Waals surface area contributed by atoms with Gasteiger partial charge < -0.3 is 0 Å². The third-order valence-corrected chi connectivity index (χ3v) is 3.40. The fourth-order valence-electron chi connectivity index (χ4n) is 1.08. The number of halogens is 4. The molecule has 0 amide bonds. The van der Waals surface area contributed by atoms with Crippen LogP contribution in [0.25, 0.3) is 0 Å². The summed E-state index contributed by atoms with van der Waals surface area (Å²) in [5.41, 5.74) is -0.956. The molecule has 15 heavy (non-hydrogen) atoms. The molecule has 0 aliphatic heterocycles. The molecule has 1 rings (SSSR count). The minimum atomic E-state index is -4.36. The molecule has 1 aromatic rings. The van der Waals surface area contributed by atoms with Crippen LogP contribution in [0.4, 0.5) is 13.2 Å². The average molecular weight is 285 g/mol. The molecule has 0 unspecified atom stereocenters. The van der Waals surface area contributed by atoms with E-state index in [4.69, 9.17) is 0 Å². The van der Waals surface area contributed by atoms with Gasteiger partial charge in [0, 0.05) is 18.1 Å². The van der Waals surface area contributed by atoms with Crippen molar-refractivity contribution in [1.82, 2.24) is 9.78 Å². The van der Waals surface area contributed by atoms with Crippen LogP contribution in [0, 0.1) is 5.41 Å². The highest BCUT2D eigenvalue weighted by molar-refractivity contribution is 9.09. The first-order valence-electron chi connectivity index (χ1n) is 4.41. The monoisotopic (exact) mass is 284 g/mol. The maximum absolute atomic E-state index is 12.2. The molecule has 2 nitrogen and oxygen atoms in total. The van der Waals surface area contributed by atoms with Gasteiger partial charge in [0.15, 0.2) is 5.69 Å². The first-order valence-corrected chi connectivity index (χ1v) is 5.53. The Morgan fingerprint density at radius 2 is 2.00 bits per heavy atom. The summed E-state index contributed by atoms with van der Waals surface area (Å²) in [5, 5.41) is 4.20. The smallest absolute Gasteiger partial charge is 0.272 e. The number of aromatic nitrogens is 2. The van der Waals surface area contributed by atoms with Gasteiger partial charge >= 0.3 is 6.18 Å². The number of nitrogens with zero attached hydrogens (tertiary/aromatic N) is 2. The highest BCUT2D eigenvalue weighted by Crippen LogP contribution is 2.28. The Morgan fingerprint density at radius 3 is 2.40 bits per heavy atom. The standard InChI is InChI=1S/C9H12BrF3N2/c1-8(2,5-10)6-15-4-3-7(14-15)9(11,12)13/h3-4H,5-6H2,1-2H3. The fraction of sp³-hybridized carbons (Fsp3) is 0.667. The summed E-state index contributed by atoms with van der Waals surface area (Å²) < 4.78 is 38.0. The zero-order valence-corrected chi connectivity index (χ0v) is 10.1. The van der Waals surface area contributed by atoms with Crippen molar-refractivity contribution in [1.29, 1.82) is 0 Å². The molecule has 0 fully saturated rings. The van der Waals surface area contributed by atoms with Crippen molar-refractivity contribution in [3.8, 4) is 0 Å². The van der Waals surface area contributed by atoms with Crippen molar-refractivity contribution in [2.75, 3.05) is 5.33 Å². The molecule has 0 aliphatic rings. The van der Waals surface area contributed by atoms with E-state index in [-0.39, 0.29) is 5.41 Å². The first kappa shape index (κ1) is 12.5. The molecule has 1 aromatic heterocycles. The maximum atomic E-state index is 12.2. The molecule has 0 spiro atoms. The predicted octanol–water partition coefficient (Wildman–Crippen LogP) is 3.32. The highest BCUT2D eigenvalue weighted by atomic mass is 79.9. The van der Waals surface area contributed by atoms with Crippen molar-refractivity contribution in [3.05, 3.63) is 18.0 Å². The number of alkyl halides is 4. The van der Waals surface area contributed by atoms with Crippen molar-refractivity contribution in [2.24, 2.45) is 5.41 Å². The van der Waals surface area contributed by atoms with Gasteiger partial charge in [0.2, 0.25) is 0 Å². The van der Waals surface area contributed by atoms with Gasteiger partial charge in [-0.2, -0.15) is 18.3 Å². The number of hydrogen-bond acceptors (Lipinski definition) is 1. The average Bonchev–Trinajstić information content (AvgIpc) is 2.51. The molecule has 0 saturated carbocycles. The zero-order chi connectivity index (χ0) is 11.7. The second-order valence-corrected chi connectivity index (χ2v) is 4.75. The van der Waals surface area contributed by atoms with E-state index in [0.717, 1.165) is 6.07 Å². The zero-order valence-electron chi connectivity index (χ0n) is 8.48. The van der Waals surface area contributed by atoms with Gasteiger partial charge in [-0.05, 0) is 11.5 Å². The van der Waals surface area contributed by atoms with Crippen molar-refractivity contribution >= 4 is 15.9 Å². The molecular formula is C9H12BrF3N2. The van der Waals surface area contributed by atoms with E-state index in [0.29, 0.717) is 11.9 Å². The summed E-state index contributed by atoms with van der Waals surface area (Å²) in [7, 11) is 0. The topological polar surface area (TPSA) is 17.8 Å².